The number of nitrogens with zero attached hydrogens (tertiary/aromatic N) is 1. The van der Waals surface area contributed by atoms with Gasteiger partial charge in [-0.25, -0.2) is 4.98 Å². The predicted molar refractivity (Wildman–Crippen MR) is 97.3 cm³/mol. The zero-order valence-electron chi connectivity index (χ0n) is 12.0. The van der Waals surface area contributed by atoms with E-state index < -0.39 is 0 Å². The SMILES string of the molecule is O=C(Nc1sccc1-c1nc2ccccc2s1)c1ccccc1. The van der Waals surface area contributed by atoms with E-state index in [0.717, 1.165) is 25.8 Å². The number of carbonyl (C=O) groups excluding carboxylic acids is 1. The summed E-state index contributed by atoms with van der Waals surface area (Å²) in [5.41, 5.74) is 2.61. The number of thiophene rings is 1. The van der Waals surface area contributed by atoms with Crippen molar-refractivity contribution in [2.75, 3.05) is 5.32 Å². The van der Waals surface area contributed by atoms with Crippen LogP contribution in [0.3, 0.4) is 0 Å². The summed E-state index contributed by atoms with van der Waals surface area (Å²) in [6.07, 6.45) is 0. The van der Waals surface area contributed by atoms with Crippen molar-refractivity contribution >= 4 is 43.8 Å². The van der Waals surface area contributed by atoms with Crippen LogP contribution in [0.4, 0.5) is 5.00 Å². The summed E-state index contributed by atoms with van der Waals surface area (Å²) in [6, 6.07) is 19.3. The molecular weight excluding hydrogens is 324 g/mol. The Labute approximate surface area is 141 Å². The second kappa shape index (κ2) is 5.95. The number of amides is 1. The van der Waals surface area contributed by atoms with Crippen molar-refractivity contribution in [2.24, 2.45) is 0 Å². The number of nitrogens with one attached hydrogen (secondary N) is 1. The van der Waals surface area contributed by atoms with E-state index in [1.165, 1.54) is 11.3 Å². The van der Waals surface area contributed by atoms with E-state index in [1.54, 1.807) is 23.5 Å². The van der Waals surface area contributed by atoms with Crippen LogP contribution in [0.2, 0.25) is 0 Å². The van der Waals surface area contributed by atoms with Crippen molar-refractivity contribution in [1.29, 1.82) is 0 Å². The van der Waals surface area contributed by atoms with E-state index in [1.807, 2.05) is 47.8 Å². The lowest BCUT2D eigenvalue weighted by Gasteiger charge is -2.04. The number of carbonyl (C=O) groups is 1. The average Bonchev–Trinajstić information content (AvgIpc) is 3.21. The van der Waals surface area contributed by atoms with Gasteiger partial charge in [0, 0.05) is 11.1 Å². The molecule has 0 spiro atoms. The van der Waals surface area contributed by atoms with Crippen molar-refractivity contribution in [1.82, 2.24) is 4.98 Å². The van der Waals surface area contributed by atoms with E-state index in [2.05, 4.69) is 16.4 Å². The first-order valence-corrected chi connectivity index (χ1v) is 8.81. The molecular formula is C18H12N2OS2. The summed E-state index contributed by atoms with van der Waals surface area (Å²) in [5.74, 6) is -0.101. The Morgan fingerprint density at radius 3 is 2.57 bits per heavy atom. The summed E-state index contributed by atoms with van der Waals surface area (Å²) >= 11 is 3.15. The number of thiazole rings is 1. The van der Waals surface area contributed by atoms with Gasteiger partial charge in [0.2, 0.25) is 0 Å². The van der Waals surface area contributed by atoms with E-state index in [4.69, 9.17) is 0 Å². The molecule has 1 N–H and O–H groups in total. The lowest BCUT2D eigenvalue weighted by Crippen LogP contribution is -2.11. The Morgan fingerprint density at radius 1 is 0.957 bits per heavy atom. The van der Waals surface area contributed by atoms with Gasteiger partial charge in [-0.15, -0.1) is 22.7 Å². The smallest absolute Gasteiger partial charge is 0.256 e. The molecule has 0 radical (unpaired) electrons. The molecule has 2 aromatic heterocycles. The van der Waals surface area contributed by atoms with Crippen LogP contribution in [0.1, 0.15) is 10.4 Å². The quantitative estimate of drug-likeness (QED) is 0.553. The maximum Gasteiger partial charge on any atom is 0.256 e. The van der Waals surface area contributed by atoms with E-state index in [9.17, 15) is 4.79 Å². The second-order valence-corrected chi connectivity index (χ2v) is 6.92. The number of fused-ring (bicyclic) bond motifs is 1. The highest BCUT2D eigenvalue weighted by atomic mass is 32.1. The molecule has 3 nitrogen and oxygen atoms in total. The standard InChI is InChI=1S/C18H12N2OS2/c21-16(12-6-2-1-3-7-12)20-17-13(10-11-22-17)18-19-14-8-4-5-9-15(14)23-18/h1-11H,(H,20,21). The van der Waals surface area contributed by atoms with Crippen LogP contribution >= 0.6 is 22.7 Å². The largest absolute Gasteiger partial charge is 0.313 e. The molecule has 2 heterocycles. The predicted octanol–water partition coefficient (Wildman–Crippen LogP) is 5.28. The molecule has 0 aliphatic carbocycles. The lowest BCUT2D eigenvalue weighted by atomic mass is 10.2. The minimum absolute atomic E-state index is 0.101. The van der Waals surface area contributed by atoms with Crippen molar-refractivity contribution in [3.8, 4) is 10.6 Å². The Bertz CT molecular complexity index is 940. The molecule has 2 aromatic carbocycles. The first-order chi connectivity index (χ1) is 11.3. The summed E-state index contributed by atoms with van der Waals surface area (Å²) in [5, 5.41) is 6.73. The van der Waals surface area contributed by atoms with E-state index >= 15 is 0 Å². The van der Waals surface area contributed by atoms with Gasteiger partial charge in [0.25, 0.3) is 5.91 Å². The molecule has 4 aromatic rings. The zero-order valence-corrected chi connectivity index (χ0v) is 13.7. The zero-order chi connectivity index (χ0) is 15.6. The molecule has 0 saturated carbocycles. The maximum absolute atomic E-state index is 12.3. The third-order valence-electron chi connectivity index (χ3n) is 3.45. The number of hydrogen-bond donors (Lipinski definition) is 1. The number of benzene rings is 2. The van der Waals surface area contributed by atoms with Gasteiger partial charge in [-0.05, 0) is 35.7 Å². The fraction of sp³-hybridized carbons (Fsp3) is 0. The molecule has 0 unspecified atom stereocenters. The molecule has 0 atom stereocenters. The Morgan fingerprint density at radius 2 is 1.74 bits per heavy atom. The second-order valence-electron chi connectivity index (χ2n) is 4.97. The van der Waals surface area contributed by atoms with Gasteiger partial charge in [0.05, 0.1) is 10.2 Å². The molecule has 112 valence electrons. The van der Waals surface area contributed by atoms with Gasteiger partial charge in [-0.3, -0.25) is 4.79 Å². The molecule has 0 fully saturated rings. The molecule has 0 saturated heterocycles. The van der Waals surface area contributed by atoms with Crippen LogP contribution in [-0.4, -0.2) is 10.9 Å². The summed E-state index contributed by atoms with van der Waals surface area (Å²) in [6.45, 7) is 0. The fourth-order valence-electron chi connectivity index (χ4n) is 2.33. The van der Waals surface area contributed by atoms with Crippen LogP contribution in [0.15, 0.2) is 66.0 Å². The first kappa shape index (κ1) is 14.1. The molecule has 0 aliphatic rings. The Kier molecular flexibility index (Phi) is 3.65. The topological polar surface area (TPSA) is 42.0 Å². The average molecular weight is 336 g/mol. The first-order valence-electron chi connectivity index (χ1n) is 7.11. The van der Waals surface area contributed by atoms with Gasteiger partial charge in [0.1, 0.15) is 10.0 Å². The third kappa shape index (κ3) is 2.76. The summed E-state index contributed by atoms with van der Waals surface area (Å²) < 4.78 is 1.15. The monoisotopic (exact) mass is 336 g/mol. The number of aromatic nitrogens is 1. The molecule has 0 aliphatic heterocycles. The Hall–Kier alpha value is -2.50. The van der Waals surface area contributed by atoms with Crippen molar-refractivity contribution in [3.05, 3.63) is 71.6 Å². The third-order valence-corrected chi connectivity index (χ3v) is 5.35. The van der Waals surface area contributed by atoms with Crippen molar-refractivity contribution in [3.63, 3.8) is 0 Å². The molecule has 4 rings (SSSR count). The lowest BCUT2D eigenvalue weighted by molar-refractivity contribution is 0.102. The van der Waals surface area contributed by atoms with Crippen LogP contribution < -0.4 is 5.32 Å². The van der Waals surface area contributed by atoms with Gasteiger partial charge in [-0.2, -0.15) is 0 Å². The van der Waals surface area contributed by atoms with Gasteiger partial charge in [0.15, 0.2) is 0 Å². The van der Waals surface area contributed by atoms with Crippen molar-refractivity contribution < 1.29 is 4.79 Å². The highest BCUT2D eigenvalue weighted by Gasteiger charge is 2.14. The molecule has 5 heteroatoms. The number of anilines is 1. The maximum atomic E-state index is 12.3. The minimum atomic E-state index is -0.101. The summed E-state index contributed by atoms with van der Waals surface area (Å²) in [7, 11) is 0. The van der Waals surface area contributed by atoms with Crippen LogP contribution in [0.5, 0.6) is 0 Å². The van der Waals surface area contributed by atoms with Crippen molar-refractivity contribution in [2.45, 2.75) is 0 Å². The minimum Gasteiger partial charge on any atom is -0.313 e. The normalized spacial score (nSPS) is 10.8. The van der Waals surface area contributed by atoms with Gasteiger partial charge in [-0.1, -0.05) is 30.3 Å². The molecule has 23 heavy (non-hydrogen) atoms. The van der Waals surface area contributed by atoms with Crippen LogP contribution in [-0.2, 0) is 0 Å². The van der Waals surface area contributed by atoms with Gasteiger partial charge < -0.3 is 5.32 Å². The van der Waals surface area contributed by atoms with Crippen LogP contribution in [0, 0.1) is 0 Å². The number of para-hydroxylation sites is 1. The Balaban J connectivity index is 1.67. The van der Waals surface area contributed by atoms with E-state index in [0.29, 0.717) is 5.56 Å². The van der Waals surface area contributed by atoms with E-state index in [-0.39, 0.29) is 5.91 Å². The highest BCUT2D eigenvalue weighted by molar-refractivity contribution is 7.22. The summed E-state index contributed by atoms with van der Waals surface area (Å²) in [4.78, 5) is 17.0. The fourth-order valence-corrected chi connectivity index (χ4v) is 4.17. The van der Waals surface area contributed by atoms with Crippen LogP contribution in [0.25, 0.3) is 20.8 Å². The van der Waals surface area contributed by atoms with Gasteiger partial charge >= 0.3 is 0 Å². The highest BCUT2D eigenvalue weighted by Crippen LogP contribution is 2.37. The molecule has 0 bridgehead atoms. The molecule has 1 amide bonds. The number of rotatable bonds is 3. The number of hydrogen-bond acceptors (Lipinski definition) is 4.